The number of benzene rings is 1. The zero-order chi connectivity index (χ0) is 18.0. The quantitative estimate of drug-likeness (QED) is 0.502. The van der Waals surface area contributed by atoms with Gasteiger partial charge >= 0.3 is 5.97 Å². The number of hydrogen-bond acceptors (Lipinski definition) is 6. The van der Waals surface area contributed by atoms with E-state index in [2.05, 4.69) is 0 Å². The highest BCUT2D eigenvalue weighted by Crippen LogP contribution is 2.30. The van der Waals surface area contributed by atoms with Crippen molar-refractivity contribution in [1.29, 1.82) is 0 Å². The van der Waals surface area contributed by atoms with Crippen LogP contribution in [0, 0.1) is 5.92 Å². The molecule has 0 spiro atoms. The minimum atomic E-state index is -1.64. The summed E-state index contributed by atoms with van der Waals surface area (Å²) in [5.74, 6) is -5.13. The van der Waals surface area contributed by atoms with Crippen molar-refractivity contribution < 1.29 is 34.5 Å². The Morgan fingerprint density at radius 2 is 1.96 bits per heavy atom. The Morgan fingerprint density at radius 1 is 1.29 bits per heavy atom. The van der Waals surface area contributed by atoms with Gasteiger partial charge in [-0.25, -0.2) is 4.79 Å². The van der Waals surface area contributed by atoms with Crippen LogP contribution in [0.15, 0.2) is 18.2 Å². The fourth-order valence-electron chi connectivity index (χ4n) is 2.67. The van der Waals surface area contributed by atoms with E-state index in [-0.39, 0.29) is 24.3 Å². The zero-order valence-corrected chi connectivity index (χ0v) is 12.5. The number of nitrogens with zero attached hydrogens (tertiary/aromatic N) is 1. The lowest BCUT2D eigenvalue weighted by molar-refractivity contribution is -0.155. The second kappa shape index (κ2) is 6.57. The van der Waals surface area contributed by atoms with Gasteiger partial charge in [-0.15, -0.1) is 0 Å². The molecule has 0 saturated carbocycles. The summed E-state index contributed by atoms with van der Waals surface area (Å²) < 4.78 is 0. The number of rotatable bonds is 6. The van der Waals surface area contributed by atoms with Crippen LogP contribution in [0.4, 0.5) is 0 Å². The Bertz CT molecular complexity index is 716. The van der Waals surface area contributed by atoms with E-state index < -0.39 is 42.1 Å². The molecular weight excluding hydrogens is 320 g/mol. The number of carbonyl (C=O) groups is 4. The van der Waals surface area contributed by atoms with E-state index in [0.29, 0.717) is 10.5 Å². The summed E-state index contributed by atoms with van der Waals surface area (Å²) in [7, 11) is 0. The van der Waals surface area contributed by atoms with Gasteiger partial charge in [0.2, 0.25) is 17.7 Å². The van der Waals surface area contributed by atoms with Crippen LogP contribution in [0.25, 0.3) is 0 Å². The standard InChI is InChI=1S/C15H16N2O7/c16-12(20)6-10(15(23)24)17-13(21)4-8(14(17)22)3-7-1-2-9(18)5-11(7)19/h1-2,5,8,10,18-19H,3-4,6H2,(H2,16,20)(H,23,24). The number of aliphatic carboxylic acids is 1. The molecule has 9 nitrogen and oxygen atoms in total. The van der Waals surface area contributed by atoms with Crippen LogP contribution in [-0.2, 0) is 25.6 Å². The fraction of sp³-hybridized carbons (Fsp3) is 0.333. The van der Waals surface area contributed by atoms with E-state index in [9.17, 15) is 29.4 Å². The van der Waals surface area contributed by atoms with Crippen molar-refractivity contribution in [3.63, 3.8) is 0 Å². The van der Waals surface area contributed by atoms with Crippen LogP contribution in [-0.4, -0.2) is 50.0 Å². The third kappa shape index (κ3) is 3.45. The van der Waals surface area contributed by atoms with Crippen LogP contribution < -0.4 is 5.73 Å². The molecule has 5 N–H and O–H groups in total. The summed E-state index contributed by atoms with van der Waals surface area (Å²) in [6.07, 6.45) is -0.901. The van der Waals surface area contributed by atoms with E-state index in [4.69, 9.17) is 10.8 Å². The molecule has 2 unspecified atom stereocenters. The highest BCUT2D eigenvalue weighted by atomic mass is 16.4. The maximum Gasteiger partial charge on any atom is 0.327 e. The first-order valence-electron chi connectivity index (χ1n) is 7.08. The maximum atomic E-state index is 12.4. The lowest BCUT2D eigenvalue weighted by atomic mass is 9.97. The van der Waals surface area contributed by atoms with Crippen molar-refractivity contribution in [3.8, 4) is 11.5 Å². The number of carboxylic acids is 1. The highest BCUT2D eigenvalue weighted by molar-refractivity contribution is 6.07. The zero-order valence-electron chi connectivity index (χ0n) is 12.5. The van der Waals surface area contributed by atoms with E-state index in [1.807, 2.05) is 0 Å². The van der Waals surface area contributed by atoms with E-state index in [1.54, 1.807) is 0 Å². The number of carboxylic acid groups (broad SMARTS) is 1. The SMILES string of the molecule is NC(=O)CC(C(=O)O)N1C(=O)CC(Cc2ccc(O)cc2O)C1=O. The number of aromatic hydroxyl groups is 2. The van der Waals surface area contributed by atoms with Gasteiger partial charge in [-0.05, 0) is 18.1 Å². The van der Waals surface area contributed by atoms with Gasteiger partial charge in [0.05, 0.1) is 12.3 Å². The maximum absolute atomic E-state index is 12.4. The third-order valence-electron chi connectivity index (χ3n) is 3.80. The molecule has 128 valence electrons. The Balaban J connectivity index is 2.21. The van der Waals surface area contributed by atoms with Crippen LogP contribution in [0.2, 0.25) is 0 Å². The number of likely N-dealkylation sites (tertiary alicyclic amines) is 1. The van der Waals surface area contributed by atoms with Crippen molar-refractivity contribution in [2.24, 2.45) is 11.7 Å². The van der Waals surface area contributed by atoms with Crippen LogP contribution in [0.1, 0.15) is 18.4 Å². The van der Waals surface area contributed by atoms with Gasteiger partial charge in [-0.1, -0.05) is 6.07 Å². The summed E-state index contributed by atoms with van der Waals surface area (Å²) in [5.41, 5.74) is 5.31. The average molecular weight is 336 g/mol. The molecule has 24 heavy (non-hydrogen) atoms. The van der Waals surface area contributed by atoms with Gasteiger partial charge in [0.25, 0.3) is 0 Å². The number of carbonyl (C=O) groups excluding carboxylic acids is 3. The molecule has 0 aromatic heterocycles. The normalized spacial score (nSPS) is 18.7. The molecule has 0 aliphatic carbocycles. The highest BCUT2D eigenvalue weighted by Gasteiger charge is 2.45. The fourth-order valence-corrected chi connectivity index (χ4v) is 2.67. The van der Waals surface area contributed by atoms with Gasteiger partial charge in [-0.3, -0.25) is 19.3 Å². The van der Waals surface area contributed by atoms with E-state index >= 15 is 0 Å². The molecule has 1 aromatic carbocycles. The molecule has 3 amide bonds. The second-order valence-corrected chi connectivity index (χ2v) is 5.54. The largest absolute Gasteiger partial charge is 0.508 e. The lowest BCUT2D eigenvalue weighted by Crippen LogP contribution is -2.47. The van der Waals surface area contributed by atoms with Crippen molar-refractivity contribution in [2.75, 3.05) is 0 Å². The number of phenols is 2. The minimum absolute atomic E-state index is 0.00387. The van der Waals surface area contributed by atoms with Crippen molar-refractivity contribution >= 4 is 23.7 Å². The Kier molecular flexibility index (Phi) is 4.72. The number of primary amides is 1. The summed E-state index contributed by atoms with van der Waals surface area (Å²) >= 11 is 0. The second-order valence-electron chi connectivity index (χ2n) is 5.54. The number of amides is 3. The van der Waals surface area contributed by atoms with Crippen molar-refractivity contribution in [2.45, 2.75) is 25.3 Å². The molecule has 9 heteroatoms. The van der Waals surface area contributed by atoms with Gasteiger partial charge in [0.15, 0.2) is 0 Å². The molecule has 1 saturated heterocycles. The smallest absolute Gasteiger partial charge is 0.327 e. The predicted octanol–water partition coefficient (Wildman–Crippen LogP) is -0.656. The number of phenolic OH excluding ortho intramolecular Hbond substituents is 2. The summed E-state index contributed by atoms with van der Waals surface area (Å²) in [6.45, 7) is 0. The molecule has 2 atom stereocenters. The van der Waals surface area contributed by atoms with Gasteiger partial charge in [-0.2, -0.15) is 0 Å². The Hall–Kier alpha value is -3.10. The topological polar surface area (TPSA) is 158 Å². The van der Waals surface area contributed by atoms with Crippen LogP contribution >= 0.6 is 0 Å². The van der Waals surface area contributed by atoms with E-state index in [0.717, 1.165) is 6.07 Å². The monoisotopic (exact) mass is 336 g/mol. The number of imide groups is 1. The number of nitrogens with two attached hydrogens (primary N) is 1. The molecule has 1 aliphatic heterocycles. The Morgan fingerprint density at radius 3 is 2.50 bits per heavy atom. The molecule has 1 aromatic rings. The summed E-state index contributed by atoms with van der Waals surface area (Å²) in [4.78, 5) is 47.2. The third-order valence-corrected chi connectivity index (χ3v) is 3.80. The Labute approximate surface area is 136 Å². The summed E-state index contributed by atoms with van der Waals surface area (Å²) in [6, 6.07) is 2.19. The van der Waals surface area contributed by atoms with Crippen molar-refractivity contribution in [3.05, 3.63) is 23.8 Å². The first-order valence-corrected chi connectivity index (χ1v) is 7.08. The molecule has 0 radical (unpaired) electrons. The molecule has 0 bridgehead atoms. The summed E-state index contributed by atoms with van der Waals surface area (Å²) in [5, 5.41) is 28.2. The van der Waals surface area contributed by atoms with Gasteiger partial charge < -0.3 is 21.1 Å². The number of hydrogen-bond donors (Lipinski definition) is 4. The van der Waals surface area contributed by atoms with Crippen LogP contribution in [0.3, 0.4) is 0 Å². The first-order chi connectivity index (χ1) is 11.2. The molecule has 2 rings (SSSR count). The molecular formula is C15H16N2O7. The first kappa shape index (κ1) is 17.3. The predicted molar refractivity (Wildman–Crippen MR) is 78.7 cm³/mol. The van der Waals surface area contributed by atoms with Crippen molar-refractivity contribution in [1.82, 2.24) is 4.90 Å². The average Bonchev–Trinajstić information content (AvgIpc) is 2.74. The molecule has 1 aliphatic rings. The molecule has 1 heterocycles. The van der Waals surface area contributed by atoms with Crippen LogP contribution in [0.5, 0.6) is 11.5 Å². The minimum Gasteiger partial charge on any atom is -0.508 e. The van der Waals surface area contributed by atoms with Gasteiger partial charge in [0, 0.05) is 12.5 Å². The molecule has 1 fully saturated rings. The lowest BCUT2D eigenvalue weighted by Gasteiger charge is -2.22. The van der Waals surface area contributed by atoms with Gasteiger partial charge in [0.1, 0.15) is 17.5 Å². The van der Waals surface area contributed by atoms with E-state index in [1.165, 1.54) is 12.1 Å².